The Labute approximate surface area is 93.7 Å². The molecule has 0 aromatic carbocycles. The first-order valence-electron chi connectivity index (χ1n) is 2.13. The minimum atomic E-state index is 0. The topological polar surface area (TPSA) is 9.23 Å². The average Bonchev–Trinajstić information content (AvgIpc) is 1.61. The molecule has 4 heteroatoms. The van der Waals surface area contributed by atoms with Crippen LogP contribution in [0.3, 0.4) is 0 Å². The lowest BCUT2D eigenvalue weighted by Crippen LogP contribution is -1.99. The second kappa shape index (κ2) is 9.19. The lowest BCUT2D eigenvalue weighted by Gasteiger charge is -1.98. The molecule has 0 saturated carbocycles. The fraction of sp³-hybridized carbons (Fsp3) is 1.00. The highest BCUT2D eigenvalue weighted by Crippen LogP contribution is 2.08. The summed E-state index contributed by atoms with van der Waals surface area (Å²) in [5, 5.41) is 0. The highest BCUT2D eigenvalue weighted by Gasteiger charge is 1.92. The van der Waals surface area contributed by atoms with Crippen LogP contribution in [-0.4, -0.2) is 38.2 Å². The maximum atomic E-state index is 5.08. The molecular formula is C4H8I2MgO. The summed E-state index contributed by atoms with van der Waals surface area (Å²) in [5.41, 5.74) is 0. The lowest BCUT2D eigenvalue weighted by molar-refractivity contribution is 0.164. The minimum absolute atomic E-state index is 0. The molecule has 8 heavy (non-hydrogen) atoms. The molecule has 0 aliphatic heterocycles. The quantitative estimate of drug-likeness (QED) is 0.429. The van der Waals surface area contributed by atoms with Crippen LogP contribution in [0.5, 0.6) is 0 Å². The van der Waals surface area contributed by atoms with Crippen molar-refractivity contribution in [2.75, 3.05) is 13.2 Å². The van der Waals surface area contributed by atoms with Crippen molar-refractivity contribution in [3.05, 3.63) is 0 Å². The van der Waals surface area contributed by atoms with E-state index in [0.29, 0.717) is 1.93 Å². The van der Waals surface area contributed by atoms with Gasteiger partial charge in [0.1, 0.15) is 0 Å². The molecular weight excluding hydrogens is 342 g/mol. The van der Waals surface area contributed by atoms with Gasteiger partial charge in [-0.05, 0) is 6.92 Å². The summed E-state index contributed by atoms with van der Waals surface area (Å²) < 4.78 is 5.70. The Hall–Kier alpha value is 2.19. The number of rotatable bonds is 3. The summed E-state index contributed by atoms with van der Waals surface area (Å²) in [4.78, 5) is 0. The van der Waals surface area contributed by atoms with Crippen LogP contribution in [0, 0.1) is 0 Å². The Bertz CT molecular complexity index is 43.0. The minimum Gasteiger partial charge on any atom is -0.380 e. The van der Waals surface area contributed by atoms with Gasteiger partial charge in [-0.25, -0.2) is 0 Å². The molecule has 0 spiro atoms. The van der Waals surface area contributed by atoms with Crippen molar-refractivity contribution < 1.29 is 4.74 Å². The van der Waals surface area contributed by atoms with Gasteiger partial charge >= 0.3 is 0 Å². The van der Waals surface area contributed by atoms with E-state index >= 15 is 0 Å². The molecule has 46 valence electrons. The second-order valence-electron chi connectivity index (χ2n) is 1.05. The summed E-state index contributed by atoms with van der Waals surface area (Å²) in [6.07, 6.45) is 0. The summed E-state index contributed by atoms with van der Waals surface area (Å²) >= 11 is 4.65. The van der Waals surface area contributed by atoms with E-state index in [1.165, 1.54) is 0 Å². The first-order valence-corrected chi connectivity index (χ1v) is 4.62. The zero-order chi connectivity index (χ0) is 5.70. The van der Waals surface area contributed by atoms with Gasteiger partial charge in [-0.2, -0.15) is 0 Å². The molecule has 0 atom stereocenters. The van der Waals surface area contributed by atoms with Crippen LogP contribution < -0.4 is 0 Å². The lowest BCUT2D eigenvalue weighted by atomic mass is 10.8. The SMILES string of the molecule is CCOCC(I)I.[Mg]. The van der Waals surface area contributed by atoms with Gasteiger partial charge in [0.15, 0.2) is 0 Å². The monoisotopic (exact) mass is 350 g/mol. The molecule has 0 rings (SSSR count). The van der Waals surface area contributed by atoms with Gasteiger partial charge in [0, 0.05) is 29.7 Å². The molecule has 1 nitrogen and oxygen atoms in total. The van der Waals surface area contributed by atoms with Gasteiger partial charge in [0.2, 0.25) is 0 Å². The van der Waals surface area contributed by atoms with Crippen LogP contribution in [0.15, 0.2) is 0 Å². The van der Waals surface area contributed by atoms with E-state index in [-0.39, 0.29) is 23.1 Å². The van der Waals surface area contributed by atoms with E-state index in [1.807, 2.05) is 6.92 Å². The largest absolute Gasteiger partial charge is 0.380 e. The Kier molecular flexibility index (Phi) is 14.7. The molecule has 0 aromatic heterocycles. The van der Waals surface area contributed by atoms with Gasteiger partial charge in [-0.15, -0.1) is 0 Å². The number of ether oxygens (including phenoxy) is 1. The van der Waals surface area contributed by atoms with Crippen LogP contribution in [-0.2, 0) is 4.74 Å². The van der Waals surface area contributed by atoms with Crippen molar-refractivity contribution in [2.45, 2.75) is 8.86 Å². The average molecular weight is 350 g/mol. The predicted octanol–water partition coefficient (Wildman–Crippen LogP) is 1.84. The Morgan fingerprint density at radius 1 is 1.50 bits per heavy atom. The molecule has 0 amide bonds. The van der Waals surface area contributed by atoms with Crippen LogP contribution in [0.4, 0.5) is 0 Å². The molecule has 2 radical (unpaired) electrons. The van der Waals surface area contributed by atoms with Gasteiger partial charge in [-0.3, -0.25) is 0 Å². The van der Waals surface area contributed by atoms with Crippen molar-refractivity contribution >= 4 is 68.2 Å². The number of alkyl halides is 2. The number of hydrogen-bond donors (Lipinski definition) is 0. The standard InChI is InChI=1S/C4H8I2O.Mg/c1-2-7-3-4(5)6;/h4H,2-3H2,1H3;. The molecule has 0 aromatic rings. The summed E-state index contributed by atoms with van der Waals surface area (Å²) in [5.74, 6) is 0. The highest BCUT2D eigenvalue weighted by atomic mass is 127. The van der Waals surface area contributed by atoms with E-state index < -0.39 is 0 Å². The first kappa shape index (κ1) is 12.8. The van der Waals surface area contributed by atoms with E-state index in [9.17, 15) is 0 Å². The van der Waals surface area contributed by atoms with E-state index in [2.05, 4.69) is 45.2 Å². The smallest absolute Gasteiger partial charge is 0.0859 e. The molecule has 0 bridgehead atoms. The Balaban J connectivity index is 0. The van der Waals surface area contributed by atoms with Crippen LogP contribution in [0.25, 0.3) is 0 Å². The maximum Gasteiger partial charge on any atom is 0.0859 e. The maximum absolute atomic E-state index is 5.08. The molecule has 0 N–H and O–H groups in total. The first-order chi connectivity index (χ1) is 3.27. The Morgan fingerprint density at radius 2 is 2.00 bits per heavy atom. The van der Waals surface area contributed by atoms with Gasteiger partial charge in [-0.1, -0.05) is 45.2 Å². The third-order valence-electron chi connectivity index (χ3n) is 0.448. The van der Waals surface area contributed by atoms with Crippen molar-refractivity contribution in [2.24, 2.45) is 0 Å². The summed E-state index contributed by atoms with van der Waals surface area (Å²) in [6, 6.07) is 0. The summed E-state index contributed by atoms with van der Waals surface area (Å²) in [6.45, 7) is 3.72. The van der Waals surface area contributed by atoms with E-state index in [4.69, 9.17) is 4.74 Å². The zero-order valence-corrected chi connectivity index (χ0v) is 10.6. The zero-order valence-electron chi connectivity index (χ0n) is 4.86. The molecule has 0 aliphatic rings. The van der Waals surface area contributed by atoms with Crippen LogP contribution in [0.2, 0.25) is 0 Å². The summed E-state index contributed by atoms with van der Waals surface area (Å²) in [7, 11) is 0. The molecule has 0 aliphatic carbocycles. The van der Waals surface area contributed by atoms with Crippen molar-refractivity contribution in [3.8, 4) is 0 Å². The fourth-order valence-corrected chi connectivity index (χ4v) is 0.715. The van der Waals surface area contributed by atoms with Crippen LogP contribution in [0.1, 0.15) is 6.92 Å². The molecule has 0 fully saturated rings. The van der Waals surface area contributed by atoms with E-state index in [0.717, 1.165) is 13.2 Å². The second-order valence-corrected chi connectivity index (χ2v) is 6.44. The molecule has 0 heterocycles. The molecule has 0 unspecified atom stereocenters. The van der Waals surface area contributed by atoms with Gasteiger partial charge in [0.25, 0.3) is 0 Å². The normalized spacial score (nSPS) is 9.00. The highest BCUT2D eigenvalue weighted by molar-refractivity contribution is 14.2. The third-order valence-corrected chi connectivity index (χ3v) is 1.17. The Morgan fingerprint density at radius 3 is 2.12 bits per heavy atom. The van der Waals surface area contributed by atoms with Crippen molar-refractivity contribution in [1.82, 2.24) is 0 Å². The third kappa shape index (κ3) is 11.0. The van der Waals surface area contributed by atoms with Gasteiger partial charge in [0.05, 0.1) is 8.54 Å². The number of hydrogen-bond acceptors (Lipinski definition) is 1. The predicted molar refractivity (Wildman–Crippen MR) is 54.1 cm³/mol. The molecule has 0 saturated heterocycles. The van der Waals surface area contributed by atoms with Crippen LogP contribution >= 0.6 is 45.2 Å². The fourth-order valence-electron chi connectivity index (χ4n) is 0.207. The van der Waals surface area contributed by atoms with Gasteiger partial charge < -0.3 is 4.74 Å². The van der Waals surface area contributed by atoms with E-state index in [1.54, 1.807) is 0 Å². The van der Waals surface area contributed by atoms with Crippen molar-refractivity contribution in [1.29, 1.82) is 0 Å². The number of halogens is 2. The van der Waals surface area contributed by atoms with Crippen molar-refractivity contribution in [3.63, 3.8) is 0 Å².